The van der Waals surface area contributed by atoms with Crippen LogP contribution in [0.25, 0.3) is 10.4 Å². The van der Waals surface area contributed by atoms with E-state index in [0.29, 0.717) is 13.2 Å². The van der Waals surface area contributed by atoms with Gasteiger partial charge >= 0.3 is 0 Å². The maximum absolute atomic E-state index is 13.4. The van der Waals surface area contributed by atoms with Gasteiger partial charge in [-0.2, -0.15) is 0 Å². The number of thiazole rings is 1. The quantitative estimate of drug-likeness (QED) is 0.580. The number of carbonyl (C=O) groups excluding carboxylic acids is 3. The Kier molecular flexibility index (Phi) is 10.6. The highest BCUT2D eigenvalue weighted by Gasteiger charge is 2.41. The van der Waals surface area contributed by atoms with E-state index in [0.717, 1.165) is 21.7 Å². The van der Waals surface area contributed by atoms with E-state index in [9.17, 15) is 14.4 Å². The molecule has 1 saturated heterocycles. The van der Waals surface area contributed by atoms with Crippen molar-refractivity contribution in [2.75, 3.05) is 19.8 Å². The number of benzene rings is 1. The van der Waals surface area contributed by atoms with Gasteiger partial charge in [-0.25, -0.2) is 4.98 Å². The molecule has 1 fully saturated rings. The van der Waals surface area contributed by atoms with E-state index < -0.39 is 17.5 Å². The molecule has 0 aliphatic carbocycles. The topological polar surface area (TPSA) is 101 Å². The zero-order valence-electron chi connectivity index (χ0n) is 22.7. The first-order valence-corrected chi connectivity index (χ1v) is 13.3. The van der Waals surface area contributed by atoms with E-state index >= 15 is 0 Å². The summed E-state index contributed by atoms with van der Waals surface area (Å²) >= 11 is 1.60. The highest BCUT2D eigenvalue weighted by Crippen LogP contribution is 2.28. The van der Waals surface area contributed by atoms with Crippen LogP contribution in [0, 0.1) is 12.3 Å². The second kappa shape index (κ2) is 13.0. The Hall–Kier alpha value is -2.78. The molecular weight excluding hydrogens is 476 g/mol. The van der Waals surface area contributed by atoms with Crippen molar-refractivity contribution >= 4 is 29.1 Å². The molecule has 3 atom stereocenters. The molecule has 1 aromatic heterocycles. The maximum Gasteiger partial charge on any atom is 0.246 e. The van der Waals surface area contributed by atoms with Crippen molar-refractivity contribution in [3.8, 4) is 10.4 Å². The molecule has 2 aromatic rings. The number of aromatic nitrogens is 1. The van der Waals surface area contributed by atoms with Gasteiger partial charge in [0.25, 0.3) is 0 Å². The molecule has 0 bridgehead atoms. The largest absolute Gasteiger partial charge is 0.377 e. The number of aryl methyl sites for hydroxylation is 1. The van der Waals surface area contributed by atoms with Crippen molar-refractivity contribution in [3.63, 3.8) is 0 Å². The van der Waals surface area contributed by atoms with Crippen LogP contribution in [0.2, 0.25) is 0 Å². The molecule has 2 N–H and O–H groups in total. The molecule has 1 aliphatic heterocycles. The van der Waals surface area contributed by atoms with Gasteiger partial charge in [0, 0.05) is 16.3 Å². The molecule has 3 amide bonds. The number of nitrogens with one attached hydrogen (secondary N) is 2. The number of nitrogens with zero attached hydrogens (tertiary/aromatic N) is 2. The number of hydrogen-bond acceptors (Lipinski definition) is 6. The lowest BCUT2D eigenvalue weighted by Crippen LogP contribution is -2.62. The minimum Gasteiger partial charge on any atom is -0.377 e. The molecule has 8 nitrogen and oxygen atoms in total. The third-order valence-electron chi connectivity index (χ3n) is 5.95. The third kappa shape index (κ3) is 7.36. The van der Waals surface area contributed by atoms with E-state index in [1.54, 1.807) is 11.3 Å². The maximum atomic E-state index is 13.4. The predicted octanol–water partition coefficient (Wildman–Crippen LogP) is 4.59. The van der Waals surface area contributed by atoms with Crippen molar-refractivity contribution in [1.82, 2.24) is 20.5 Å². The molecule has 0 unspecified atom stereocenters. The first kappa shape index (κ1) is 29.5. The Morgan fingerprint density at radius 1 is 1.17 bits per heavy atom. The van der Waals surface area contributed by atoms with Gasteiger partial charge in [0.2, 0.25) is 17.7 Å². The third-order valence-corrected chi connectivity index (χ3v) is 6.93. The molecule has 36 heavy (non-hydrogen) atoms. The van der Waals surface area contributed by atoms with E-state index in [-0.39, 0.29) is 33.2 Å². The van der Waals surface area contributed by atoms with Gasteiger partial charge in [-0.1, -0.05) is 58.9 Å². The summed E-state index contributed by atoms with van der Waals surface area (Å²) in [5.41, 5.74) is 4.37. The number of morpholine rings is 1. The van der Waals surface area contributed by atoms with Crippen LogP contribution in [0.1, 0.15) is 68.6 Å². The van der Waals surface area contributed by atoms with Crippen molar-refractivity contribution in [2.45, 2.75) is 73.5 Å². The fourth-order valence-corrected chi connectivity index (χ4v) is 4.81. The van der Waals surface area contributed by atoms with Gasteiger partial charge in [-0.05, 0) is 30.4 Å². The Balaban J connectivity index is 0.00000334. The van der Waals surface area contributed by atoms with Crippen molar-refractivity contribution < 1.29 is 22.0 Å². The second-order valence-corrected chi connectivity index (χ2v) is 10.6. The molecule has 9 heteroatoms. The molecule has 202 valence electrons. The van der Waals surface area contributed by atoms with E-state index in [2.05, 4.69) is 15.6 Å². The number of rotatable bonds is 6. The predicted molar refractivity (Wildman–Crippen MR) is 148 cm³/mol. The van der Waals surface area contributed by atoms with Crippen LogP contribution in [0.15, 0.2) is 29.8 Å². The van der Waals surface area contributed by atoms with Crippen molar-refractivity contribution in [1.29, 1.82) is 0 Å². The van der Waals surface area contributed by atoms with Crippen LogP contribution < -0.4 is 10.6 Å². The lowest BCUT2D eigenvalue weighted by Gasteiger charge is -2.40. The van der Waals surface area contributed by atoms with Crippen molar-refractivity contribution in [3.05, 3.63) is 41.0 Å². The zero-order chi connectivity index (χ0) is 27.0. The zero-order valence-corrected chi connectivity index (χ0v) is 23.5. The molecule has 0 saturated carbocycles. The van der Waals surface area contributed by atoms with Gasteiger partial charge in [-0.15, -0.1) is 11.3 Å². The van der Waals surface area contributed by atoms with Crippen LogP contribution >= 0.6 is 11.3 Å². The van der Waals surface area contributed by atoms with Gasteiger partial charge in [0.05, 0.1) is 35.3 Å². The summed E-state index contributed by atoms with van der Waals surface area (Å²) in [6.07, 6.45) is 0. The van der Waals surface area contributed by atoms with Crippen LogP contribution in [0.3, 0.4) is 0 Å². The van der Waals surface area contributed by atoms with E-state index in [1.807, 2.05) is 78.2 Å². The minimum absolute atomic E-state index is 0. The summed E-state index contributed by atoms with van der Waals surface area (Å²) in [6.45, 7) is 15.7. The Bertz CT molecular complexity index is 1040. The molecule has 1 aromatic carbocycles. The first-order valence-electron chi connectivity index (χ1n) is 12.4. The number of amides is 3. The van der Waals surface area contributed by atoms with Crippen molar-refractivity contribution in [2.24, 2.45) is 5.41 Å². The number of carbonyl (C=O) groups is 3. The van der Waals surface area contributed by atoms with Crippen LogP contribution in [0.4, 0.5) is 0 Å². The lowest BCUT2D eigenvalue weighted by atomic mass is 9.85. The summed E-state index contributed by atoms with van der Waals surface area (Å²) < 4.78 is 5.54. The van der Waals surface area contributed by atoms with E-state index in [4.69, 9.17) is 4.74 Å². The highest BCUT2D eigenvalue weighted by molar-refractivity contribution is 7.13. The summed E-state index contributed by atoms with van der Waals surface area (Å²) in [5, 5.41) is 5.78. The standard InChI is InChI=1S/C25H34N4O4S.C2H6.2H2/c1-15(18-7-9-19(10-8-18)21-16(2)26-14-34-21)27-23(31)20-13-33-12-11-29(20)24(32)22(25(4,5)6)28-17(3)30;1-2;;/h7-10,14-15,20,22H,11-13H2,1-6H3,(H,27,31)(H,28,30);1-2H3;2*1H/t15-,20-,22+;;;/m0.../s1. The number of ether oxygens (including phenoxy) is 1. The Morgan fingerprint density at radius 2 is 1.81 bits per heavy atom. The van der Waals surface area contributed by atoms with E-state index in [1.165, 1.54) is 11.8 Å². The van der Waals surface area contributed by atoms with Gasteiger partial charge in [0.1, 0.15) is 12.1 Å². The summed E-state index contributed by atoms with van der Waals surface area (Å²) in [5.74, 6) is -0.838. The summed E-state index contributed by atoms with van der Waals surface area (Å²) in [6, 6.07) is 6.29. The molecule has 2 heterocycles. The van der Waals surface area contributed by atoms with Gasteiger partial charge in [0.15, 0.2) is 0 Å². The Morgan fingerprint density at radius 3 is 2.33 bits per heavy atom. The Labute approximate surface area is 221 Å². The molecular formula is C27H44N4O4S. The molecule has 0 radical (unpaired) electrons. The average Bonchev–Trinajstić information content (AvgIpc) is 3.28. The fourth-order valence-electron chi connectivity index (χ4n) is 4.00. The van der Waals surface area contributed by atoms with Gasteiger partial charge < -0.3 is 20.3 Å². The highest BCUT2D eigenvalue weighted by atomic mass is 32.1. The van der Waals surface area contributed by atoms with Gasteiger partial charge in [-0.3, -0.25) is 14.4 Å². The molecule has 3 rings (SSSR count). The molecule has 0 spiro atoms. The fraction of sp³-hybridized carbons (Fsp3) is 0.556. The summed E-state index contributed by atoms with van der Waals surface area (Å²) in [4.78, 5) is 45.3. The summed E-state index contributed by atoms with van der Waals surface area (Å²) in [7, 11) is 0. The molecule has 1 aliphatic rings. The lowest BCUT2D eigenvalue weighted by molar-refractivity contribution is -0.153. The van der Waals surface area contributed by atoms with Crippen LogP contribution in [0.5, 0.6) is 0 Å². The average molecular weight is 521 g/mol. The normalized spacial score (nSPS) is 17.3. The monoisotopic (exact) mass is 520 g/mol. The first-order chi connectivity index (χ1) is 17.0. The smallest absolute Gasteiger partial charge is 0.246 e. The SMILES string of the molecule is CC.CC(=O)N[C@H](C(=O)N1CCOC[C@H]1C(=O)N[C@@H](C)c1ccc(-c2scnc2C)cc1)C(C)(C)C.[HH].[HH]. The second-order valence-electron chi connectivity index (χ2n) is 9.74. The minimum atomic E-state index is -0.763. The van der Waals surface area contributed by atoms with Crippen LogP contribution in [-0.2, 0) is 19.1 Å². The van der Waals surface area contributed by atoms with Crippen LogP contribution in [-0.4, -0.2) is 59.4 Å². The number of hydrogen-bond donors (Lipinski definition) is 2.